The molecule has 1 N–H and O–H groups in total. The maximum absolute atomic E-state index is 14.3. The zero-order valence-electron chi connectivity index (χ0n) is 20.3. The summed E-state index contributed by atoms with van der Waals surface area (Å²) in [5, 5.41) is 9.42. The van der Waals surface area contributed by atoms with Crippen LogP contribution in [-0.2, 0) is 26.0 Å². The van der Waals surface area contributed by atoms with Crippen LogP contribution in [0.25, 0.3) is 0 Å². The Morgan fingerprint density at radius 1 is 0.690 bits per heavy atom. The topological polar surface area (TPSA) is 91.3 Å². The highest BCUT2D eigenvalue weighted by Gasteiger charge is 2.67. The third-order valence-electron chi connectivity index (χ3n) is 2.87. The third-order valence-corrected chi connectivity index (χ3v) is 19.1. The van der Waals surface area contributed by atoms with Gasteiger partial charge in [0, 0.05) is 6.42 Å². The van der Waals surface area contributed by atoms with Crippen LogP contribution in [0.5, 0.6) is 0 Å². The Hall–Kier alpha value is 0.868. The lowest BCUT2D eigenvalue weighted by Crippen LogP contribution is -2.44. The normalized spacial score (nSPS) is 15.5. The van der Waals surface area contributed by atoms with E-state index in [1.807, 2.05) is 78.6 Å². The number of rotatable bonds is 12. The predicted octanol–water partition coefficient (Wildman–Crippen LogP) is 7.00. The van der Waals surface area contributed by atoms with E-state index in [1.165, 1.54) is 6.08 Å². The second-order valence-corrected chi connectivity index (χ2v) is 34.7. The van der Waals surface area contributed by atoms with Crippen LogP contribution in [0.2, 0.25) is 78.6 Å². The van der Waals surface area contributed by atoms with Gasteiger partial charge >= 0.3 is 15.2 Å². The minimum absolute atomic E-state index is 0.300. The molecule has 0 atom stereocenters. The Kier molecular flexibility index (Phi) is 9.67. The Bertz CT molecular complexity index is 583. The van der Waals surface area contributed by atoms with Crippen LogP contribution in [-0.4, -0.2) is 43.5 Å². The van der Waals surface area contributed by atoms with Crippen molar-refractivity contribution in [3.05, 3.63) is 12.7 Å². The predicted molar refractivity (Wildman–Crippen MR) is 133 cm³/mol. The van der Waals surface area contributed by atoms with Crippen LogP contribution in [0.4, 0.5) is 0 Å². The minimum Gasteiger partial charge on any atom is -0.367 e. The molecule has 0 aromatic rings. The highest BCUT2D eigenvalue weighted by atomic mass is 31.2. The Morgan fingerprint density at radius 3 is 1.03 bits per heavy atom. The highest BCUT2D eigenvalue weighted by Crippen LogP contribution is 2.80. The summed E-state index contributed by atoms with van der Waals surface area (Å²) in [7, 11) is -18.7. The molecule has 0 bridgehead atoms. The first kappa shape index (κ1) is 29.9. The standard InChI is InChI=1S/C16H42O7P2Si4/c1-14-15-16(17,24(18,20-26(2,3)4)21-27(5,6)7)25(19,22-28(8,9)10)23-29(11,12)13/h14,17H,1,15H2,2-13H3. The van der Waals surface area contributed by atoms with Gasteiger partial charge < -0.3 is 22.0 Å². The van der Waals surface area contributed by atoms with E-state index in [4.69, 9.17) is 16.9 Å². The summed E-state index contributed by atoms with van der Waals surface area (Å²) < 4.78 is 52.6. The van der Waals surface area contributed by atoms with E-state index in [2.05, 4.69) is 6.58 Å². The van der Waals surface area contributed by atoms with Gasteiger partial charge in [0.05, 0.1) is 0 Å². The summed E-state index contributed by atoms with van der Waals surface area (Å²) >= 11 is 0. The second kappa shape index (κ2) is 9.39. The van der Waals surface area contributed by atoms with Crippen molar-refractivity contribution in [2.24, 2.45) is 0 Å². The summed E-state index contributed by atoms with van der Waals surface area (Å²) in [5.41, 5.74) is 0. The molecule has 29 heavy (non-hydrogen) atoms. The molecule has 174 valence electrons. The monoisotopic (exact) mass is 520 g/mol. The molecular weight excluding hydrogens is 478 g/mol. The van der Waals surface area contributed by atoms with Gasteiger partial charge in [-0.25, -0.2) is 0 Å². The van der Waals surface area contributed by atoms with Gasteiger partial charge in [0.2, 0.25) is 0 Å². The summed E-state index contributed by atoms with van der Waals surface area (Å²) in [6.45, 7) is 25.7. The van der Waals surface area contributed by atoms with E-state index in [9.17, 15) is 14.2 Å². The molecule has 0 aliphatic carbocycles. The van der Waals surface area contributed by atoms with Gasteiger partial charge in [0.25, 0.3) is 5.08 Å². The maximum Gasteiger partial charge on any atom is 0.355 e. The number of aliphatic hydroxyl groups is 1. The largest absolute Gasteiger partial charge is 0.367 e. The molecule has 0 unspecified atom stereocenters. The Labute approximate surface area is 182 Å². The van der Waals surface area contributed by atoms with Crippen molar-refractivity contribution in [3.63, 3.8) is 0 Å². The van der Waals surface area contributed by atoms with E-state index in [0.29, 0.717) is 0 Å². The van der Waals surface area contributed by atoms with Crippen LogP contribution in [0.3, 0.4) is 0 Å². The van der Waals surface area contributed by atoms with Crippen molar-refractivity contribution in [2.75, 3.05) is 0 Å². The van der Waals surface area contributed by atoms with Gasteiger partial charge in [0.15, 0.2) is 33.3 Å². The first-order chi connectivity index (χ1) is 12.4. The van der Waals surface area contributed by atoms with Gasteiger partial charge in [-0.05, 0) is 78.6 Å². The fourth-order valence-electron chi connectivity index (χ4n) is 2.34. The van der Waals surface area contributed by atoms with Crippen molar-refractivity contribution in [1.29, 1.82) is 0 Å². The van der Waals surface area contributed by atoms with Crippen LogP contribution < -0.4 is 0 Å². The molecule has 0 saturated carbocycles. The smallest absolute Gasteiger partial charge is 0.355 e. The molecule has 7 nitrogen and oxygen atoms in total. The molecule has 0 heterocycles. The molecule has 13 heteroatoms. The molecule has 0 spiro atoms. The van der Waals surface area contributed by atoms with Crippen LogP contribution in [0.1, 0.15) is 6.42 Å². The summed E-state index contributed by atoms with van der Waals surface area (Å²) in [6.07, 6.45) is 1.06. The lowest BCUT2D eigenvalue weighted by atomic mass is 10.4. The van der Waals surface area contributed by atoms with Gasteiger partial charge in [-0.2, -0.15) is 0 Å². The lowest BCUT2D eigenvalue weighted by Gasteiger charge is -2.45. The molecule has 0 radical (unpaired) electrons. The first-order valence-corrected chi connectivity index (χ1v) is 26.5. The van der Waals surface area contributed by atoms with Gasteiger partial charge in [0.1, 0.15) is 0 Å². The summed E-state index contributed by atoms with van der Waals surface area (Å²) in [5.74, 6) is 0. The van der Waals surface area contributed by atoms with E-state index in [1.54, 1.807) is 0 Å². The van der Waals surface area contributed by atoms with Crippen LogP contribution >= 0.6 is 15.2 Å². The van der Waals surface area contributed by atoms with Crippen molar-refractivity contribution < 1.29 is 31.1 Å². The maximum atomic E-state index is 14.3. The molecule has 0 saturated heterocycles. The molecule has 0 aromatic carbocycles. The quantitative estimate of drug-likeness (QED) is 0.168. The summed E-state index contributed by atoms with van der Waals surface area (Å²) in [6, 6.07) is 0. The van der Waals surface area contributed by atoms with Crippen molar-refractivity contribution in [1.82, 2.24) is 0 Å². The lowest BCUT2D eigenvalue weighted by molar-refractivity contribution is 0.139. The fraction of sp³-hybridized carbons (Fsp3) is 0.875. The van der Waals surface area contributed by atoms with Crippen LogP contribution in [0.15, 0.2) is 12.7 Å². The van der Waals surface area contributed by atoms with E-state index < -0.39 is 53.5 Å². The molecule has 0 fully saturated rings. The van der Waals surface area contributed by atoms with E-state index in [-0.39, 0.29) is 6.42 Å². The number of hydrogen-bond acceptors (Lipinski definition) is 7. The van der Waals surface area contributed by atoms with Gasteiger partial charge in [-0.3, -0.25) is 9.13 Å². The second-order valence-electron chi connectivity index (χ2n) is 11.1. The van der Waals surface area contributed by atoms with E-state index in [0.717, 1.165) is 0 Å². The molecular formula is C16H42O7P2Si4. The van der Waals surface area contributed by atoms with Crippen molar-refractivity contribution >= 4 is 48.5 Å². The zero-order valence-corrected chi connectivity index (χ0v) is 26.1. The average molecular weight is 521 g/mol. The van der Waals surface area contributed by atoms with Crippen LogP contribution in [0, 0.1) is 0 Å². The molecule has 0 aliphatic rings. The zero-order chi connectivity index (χ0) is 23.7. The number of hydrogen-bond donors (Lipinski definition) is 1. The fourth-order valence-corrected chi connectivity index (χ4v) is 20.6. The molecule has 0 amide bonds. The molecule has 0 rings (SSSR count). The highest BCUT2D eigenvalue weighted by molar-refractivity contribution is 7.76. The Morgan fingerprint density at radius 2 is 0.897 bits per heavy atom. The van der Waals surface area contributed by atoms with Gasteiger partial charge in [-0.15, -0.1) is 6.58 Å². The Balaban J connectivity index is 7.00. The van der Waals surface area contributed by atoms with Crippen molar-refractivity contribution in [3.8, 4) is 0 Å². The van der Waals surface area contributed by atoms with Crippen molar-refractivity contribution in [2.45, 2.75) is 90.1 Å². The third kappa shape index (κ3) is 9.49. The summed E-state index contributed by atoms with van der Waals surface area (Å²) in [4.78, 5) is 0. The minimum atomic E-state index is -4.36. The molecule has 0 aromatic heterocycles. The van der Waals surface area contributed by atoms with Gasteiger partial charge in [-0.1, -0.05) is 6.08 Å². The molecule has 0 aliphatic heterocycles. The average Bonchev–Trinajstić information content (AvgIpc) is 2.28. The SMILES string of the molecule is C=CCC(O)(P(=O)(O[Si](C)(C)C)O[Si](C)(C)C)P(=O)(O[Si](C)(C)C)O[Si](C)(C)C. The first-order valence-electron chi connectivity index (χ1n) is 9.75. The van der Waals surface area contributed by atoms with E-state index >= 15 is 0 Å².